The van der Waals surface area contributed by atoms with Crippen molar-refractivity contribution >= 4 is 11.6 Å². The molecule has 1 aliphatic carbocycles. The Bertz CT molecular complexity index is 603. The van der Waals surface area contributed by atoms with Gasteiger partial charge in [0.25, 0.3) is 0 Å². The maximum absolute atomic E-state index is 6.30. The van der Waals surface area contributed by atoms with Crippen molar-refractivity contribution in [2.45, 2.75) is 38.6 Å². The summed E-state index contributed by atoms with van der Waals surface area (Å²) in [5.74, 6) is 0. The summed E-state index contributed by atoms with van der Waals surface area (Å²) in [4.78, 5) is 0. The van der Waals surface area contributed by atoms with Gasteiger partial charge in [0.15, 0.2) is 0 Å². The second-order valence-corrected chi connectivity index (χ2v) is 5.43. The van der Waals surface area contributed by atoms with Crippen molar-refractivity contribution in [2.75, 3.05) is 0 Å². The summed E-state index contributed by atoms with van der Waals surface area (Å²) in [5, 5.41) is 5.48. The second-order valence-electron chi connectivity index (χ2n) is 5.02. The molecule has 0 saturated carbocycles. The van der Waals surface area contributed by atoms with Gasteiger partial charge in [-0.2, -0.15) is 5.10 Å². The van der Waals surface area contributed by atoms with Crippen molar-refractivity contribution in [1.82, 2.24) is 9.78 Å². The summed E-state index contributed by atoms with van der Waals surface area (Å²) in [7, 11) is 0. The maximum atomic E-state index is 6.30. The Morgan fingerprint density at radius 2 is 2.21 bits per heavy atom. The lowest BCUT2D eigenvalue weighted by Crippen LogP contribution is -2.19. The van der Waals surface area contributed by atoms with Crippen LogP contribution in [-0.2, 0) is 12.8 Å². The van der Waals surface area contributed by atoms with E-state index < -0.39 is 0 Å². The normalized spacial score (nSPS) is 18.4. The molecule has 0 aliphatic heterocycles. The molecule has 0 radical (unpaired) electrons. The van der Waals surface area contributed by atoms with Crippen molar-refractivity contribution in [3.05, 3.63) is 46.2 Å². The minimum Gasteiger partial charge on any atom is -0.324 e. The number of nitrogens with two attached hydrogens (primary N) is 1. The minimum atomic E-state index is 0.120. The first-order valence-electron chi connectivity index (χ1n) is 6.83. The molecule has 1 atom stereocenters. The molecule has 0 fully saturated rings. The topological polar surface area (TPSA) is 43.8 Å². The van der Waals surface area contributed by atoms with Crippen LogP contribution in [-0.4, -0.2) is 9.78 Å². The zero-order chi connectivity index (χ0) is 13.4. The lowest BCUT2D eigenvalue weighted by atomic mass is 9.91. The highest BCUT2D eigenvalue weighted by Gasteiger charge is 2.26. The highest BCUT2D eigenvalue weighted by atomic mass is 35.5. The minimum absolute atomic E-state index is 0.120. The molecule has 1 heterocycles. The molecule has 2 aromatic rings. The average molecular weight is 276 g/mol. The molecule has 1 aromatic carbocycles. The monoisotopic (exact) mass is 275 g/mol. The van der Waals surface area contributed by atoms with Crippen LogP contribution in [0, 0.1) is 0 Å². The van der Waals surface area contributed by atoms with Gasteiger partial charge in [-0.1, -0.05) is 30.7 Å². The van der Waals surface area contributed by atoms with Gasteiger partial charge in [0, 0.05) is 17.3 Å². The number of hydrogen-bond donors (Lipinski definition) is 1. The molecule has 0 saturated heterocycles. The largest absolute Gasteiger partial charge is 0.324 e. The molecule has 3 rings (SSSR count). The molecule has 4 heteroatoms. The third-order valence-electron chi connectivity index (χ3n) is 3.81. The van der Waals surface area contributed by atoms with Gasteiger partial charge in [-0.3, -0.25) is 0 Å². The fraction of sp³-hybridized carbons (Fsp3) is 0.400. The van der Waals surface area contributed by atoms with Crippen LogP contribution >= 0.6 is 11.6 Å². The van der Waals surface area contributed by atoms with E-state index in [2.05, 4.69) is 6.92 Å². The molecular weight excluding hydrogens is 258 g/mol. The van der Waals surface area contributed by atoms with Crippen LogP contribution < -0.4 is 5.73 Å². The summed E-state index contributed by atoms with van der Waals surface area (Å²) in [6.07, 6.45) is 4.11. The molecule has 1 unspecified atom stereocenters. The first kappa shape index (κ1) is 12.7. The van der Waals surface area contributed by atoms with Crippen LogP contribution in [0.4, 0.5) is 0 Å². The van der Waals surface area contributed by atoms with Gasteiger partial charge >= 0.3 is 0 Å². The Morgan fingerprint density at radius 1 is 1.42 bits per heavy atom. The average Bonchev–Trinajstić information content (AvgIpc) is 2.79. The predicted molar refractivity (Wildman–Crippen MR) is 77.8 cm³/mol. The number of benzene rings is 1. The zero-order valence-electron chi connectivity index (χ0n) is 11.1. The Morgan fingerprint density at radius 3 is 2.95 bits per heavy atom. The molecule has 0 amide bonds. The van der Waals surface area contributed by atoms with E-state index in [1.807, 2.05) is 28.9 Å². The first-order valence-corrected chi connectivity index (χ1v) is 7.21. The number of aryl methyl sites for hydroxylation is 1. The maximum Gasteiger partial charge on any atom is 0.0835 e. The quantitative estimate of drug-likeness (QED) is 0.913. The van der Waals surface area contributed by atoms with Crippen molar-refractivity contribution in [1.29, 1.82) is 0 Å². The predicted octanol–water partition coefficient (Wildman–Crippen LogP) is 3.42. The van der Waals surface area contributed by atoms with Gasteiger partial charge in [0.2, 0.25) is 0 Å². The summed E-state index contributed by atoms with van der Waals surface area (Å²) in [5.41, 5.74) is 10.8. The van der Waals surface area contributed by atoms with E-state index in [9.17, 15) is 0 Å². The fourth-order valence-corrected chi connectivity index (χ4v) is 3.12. The molecule has 2 N–H and O–H groups in total. The lowest BCUT2D eigenvalue weighted by molar-refractivity contribution is 0.556. The third kappa shape index (κ3) is 2.07. The van der Waals surface area contributed by atoms with E-state index in [0.29, 0.717) is 0 Å². The summed E-state index contributed by atoms with van der Waals surface area (Å²) in [6.45, 7) is 2.13. The number of rotatable bonds is 2. The Hall–Kier alpha value is -1.32. The number of fused-ring (bicyclic) bond motifs is 1. The van der Waals surface area contributed by atoms with Crippen LogP contribution in [0.2, 0.25) is 5.02 Å². The number of nitrogens with zero attached hydrogens (tertiary/aromatic N) is 2. The van der Waals surface area contributed by atoms with Crippen molar-refractivity contribution < 1.29 is 0 Å². The molecule has 0 bridgehead atoms. The molecular formula is C15H18ClN3. The molecule has 100 valence electrons. The Balaban J connectivity index is 2.21. The van der Waals surface area contributed by atoms with Crippen LogP contribution in [0.5, 0.6) is 0 Å². The van der Waals surface area contributed by atoms with E-state index in [-0.39, 0.29) is 6.04 Å². The van der Waals surface area contributed by atoms with E-state index >= 15 is 0 Å². The molecule has 19 heavy (non-hydrogen) atoms. The van der Waals surface area contributed by atoms with Gasteiger partial charge in [-0.05, 0) is 37.8 Å². The van der Waals surface area contributed by atoms with Crippen LogP contribution in [0.25, 0.3) is 5.69 Å². The molecule has 1 aromatic heterocycles. The van der Waals surface area contributed by atoms with Crippen LogP contribution in [0.1, 0.15) is 42.8 Å². The highest BCUT2D eigenvalue weighted by molar-refractivity contribution is 6.32. The first-order chi connectivity index (χ1) is 9.22. The van der Waals surface area contributed by atoms with Crippen LogP contribution in [0.3, 0.4) is 0 Å². The van der Waals surface area contributed by atoms with E-state index in [4.69, 9.17) is 22.4 Å². The Labute approximate surface area is 118 Å². The highest BCUT2D eigenvalue weighted by Crippen LogP contribution is 2.33. The van der Waals surface area contributed by atoms with Gasteiger partial charge in [-0.25, -0.2) is 4.68 Å². The van der Waals surface area contributed by atoms with Gasteiger partial charge in [0.05, 0.1) is 16.4 Å². The number of aromatic nitrogens is 2. The fourth-order valence-electron chi connectivity index (χ4n) is 2.90. The summed E-state index contributed by atoms with van der Waals surface area (Å²) < 4.78 is 2.00. The summed E-state index contributed by atoms with van der Waals surface area (Å²) >= 11 is 6.30. The lowest BCUT2D eigenvalue weighted by Gasteiger charge is -2.20. The zero-order valence-corrected chi connectivity index (χ0v) is 11.8. The van der Waals surface area contributed by atoms with Crippen molar-refractivity contribution in [3.8, 4) is 5.69 Å². The second kappa shape index (κ2) is 4.99. The Kier molecular flexibility index (Phi) is 3.33. The van der Waals surface area contributed by atoms with E-state index in [0.717, 1.165) is 42.1 Å². The number of hydrogen-bond acceptors (Lipinski definition) is 2. The van der Waals surface area contributed by atoms with E-state index in [1.54, 1.807) is 0 Å². The molecule has 3 nitrogen and oxygen atoms in total. The van der Waals surface area contributed by atoms with E-state index in [1.165, 1.54) is 11.3 Å². The SMILES string of the molecule is CCc1nn(-c2ccccc2Cl)c2c1C(N)CCC2. The number of para-hydroxylation sites is 1. The van der Waals surface area contributed by atoms with Crippen molar-refractivity contribution in [2.24, 2.45) is 5.73 Å². The summed E-state index contributed by atoms with van der Waals surface area (Å²) in [6, 6.07) is 7.96. The molecule has 0 spiro atoms. The molecule has 1 aliphatic rings. The van der Waals surface area contributed by atoms with Gasteiger partial charge < -0.3 is 5.73 Å². The van der Waals surface area contributed by atoms with Gasteiger partial charge in [0.1, 0.15) is 0 Å². The van der Waals surface area contributed by atoms with Crippen molar-refractivity contribution in [3.63, 3.8) is 0 Å². The van der Waals surface area contributed by atoms with Gasteiger partial charge in [-0.15, -0.1) is 0 Å². The smallest absolute Gasteiger partial charge is 0.0835 e. The third-order valence-corrected chi connectivity index (χ3v) is 4.13. The standard InChI is InChI=1S/C15H18ClN3/c1-2-12-15-11(17)7-5-9-14(15)19(18-12)13-8-4-3-6-10(13)16/h3-4,6,8,11H,2,5,7,9,17H2,1H3. The van der Waals surface area contributed by atoms with Crippen LogP contribution in [0.15, 0.2) is 24.3 Å². The number of halogens is 1.